The Labute approximate surface area is 217 Å². The second kappa shape index (κ2) is 11.9. The Balaban J connectivity index is 1.45. The van der Waals surface area contributed by atoms with Gasteiger partial charge in [0.05, 0.1) is 23.8 Å². The van der Waals surface area contributed by atoms with E-state index in [1.165, 1.54) is 17.7 Å². The van der Waals surface area contributed by atoms with E-state index in [1.807, 2.05) is 12.1 Å². The van der Waals surface area contributed by atoms with Crippen molar-refractivity contribution in [3.63, 3.8) is 0 Å². The zero-order valence-corrected chi connectivity index (χ0v) is 21.8. The molecule has 9 heteroatoms. The second-order valence-corrected chi connectivity index (χ2v) is 11.0. The van der Waals surface area contributed by atoms with E-state index in [0.717, 1.165) is 42.7 Å². The predicted molar refractivity (Wildman–Crippen MR) is 142 cm³/mol. The van der Waals surface area contributed by atoms with Gasteiger partial charge in [0.2, 0.25) is 5.91 Å². The van der Waals surface area contributed by atoms with Gasteiger partial charge in [-0.25, -0.2) is 8.42 Å². The molecule has 0 aliphatic carbocycles. The molecule has 0 bridgehead atoms. The van der Waals surface area contributed by atoms with Crippen LogP contribution in [0, 0.1) is 6.92 Å². The molecular formula is C27H30ClN3O4S. The first kappa shape index (κ1) is 26.2. The van der Waals surface area contributed by atoms with Crippen LogP contribution in [0.5, 0.6) is 0 Å². The summed E-state index contributed by atoms with van der Waals surface area (Å²) < 4.78 is 33.5. The van der Waals surface area contributed by atoms with Crippen molar-refractivity contribution in [3.05, 3.63) is 94.5 Å². The summed E-state index contributed by atoms with van der Waals surface area (Å²) in [5, 5.41) is 3.28. The highest BCUT2D eigenvalue weighted by Crippen LogP contribution is 2.30. The Bertz CT molecular complexity index is 1280. The van der Waals surface area contributed by atoms with E-state index in [-0.39, 0.29) is 11.4 Å². The van der Waals surface area contributed by atoms with Gasteiger partial charge >= 0.3 is 0 Å². The minimum atomic E-state index is -3.99. The first-order valence-electron chi connectivity index (χ1n) is 11.8. The van der Waals surface area contributed by atoms with E-state index < -0.39 is 15.9 Å². The lowest BCUT2D eigenvalue weighted by molar-refractivity contribution is -0.119. The van der Waals surface area contributed by atoms with Crippen molar-refractivity contribution in [2.45, 2.75) is 24.9 Å². The van der Waals surface area contributed by atoms with Crippen LogP contribution in [0.15, 0.2) is 77.7 Å². The van der Waals surface area contributed by atoms with Gasteiger partial charge < -0.3 is 10.1 Å². The summed E-state index contributed by atoms with van der Waals surface area (Å²) in [7, 11) is -3.99. The van der Waals surface area contributed by atoms with E-state index in [1.54, 1.807) is 43.3 Å². The molecule has 1 heterocycles. The van der Waals surface area contributed by atoms with Crippen LogP contribution < -0.4 is 9.62 Å². The van der Waals surface area contributed by atoms with Crippen LogP contribution in [0.2, 0.25) is 5.02 Å². The first-order valence-corrected chi connectivity index (χ1v) is 13.6. The molecule has 1 aliphatic heterocycles. The number of morpholine rings is 1. The standard InChI is InChI=1S/C27H30ClN3O4S/c1-21-25(28)8-5-9-26(21)31(36(33,34)24-6-3-2-4-7-24)20-27(32)29-18-22-10-12-23(13-11-22)19-30-14-16-35-17-15-30/h2-13H,14-20H2,1H3,(H,29,32). The Morgan fingerprint density at radius 2 is 1.64 bits per heavy atom. The average molecular weight is 528 g/mol. The number of amides is 1. The molecule has 3 aromatic rings. The molecule has 0 spiro atoms. The van der Waals surface area contributed by atoms with Crippen LogP contribution in [0.3, 0.4) is 0 Å². The number of carbonyl (C=O) groups is 1. The number of carbonyl (C=O) groups excluding carboxylic acids is 1. The molecule has 0 atom stereocenters. The number of sulfonamides is 1. The molecular weight excluding hydrogens is 498 g/mol. The third-order valence-corrected chi connectivity index (χ3v) is 8.33. The van der Waals surface area contributed by atoms with Gasteiger partial charge in [-0.1, -0.05) is 60.1 Å². The van der Waals surface area contributed by atoms with Gasteiger partial charge in [-0.05, 0) is 47.9 Å². The molecule has 7 nitrogen and oxygen atoms in total. The highest BCUT2D eigenvalue weighted by molar-refractivity contribution is 7.92. The topological polar surface area (TPSA) is 79.0 Å². The van der Waals surface area contributed by atoms with Crippen molar-refractivity contribution in [3.8, 4) is 0 Å². The molecule has 0 unspecified atom stereocenters. The van der Waals surface area contributed by atoms with E-state index in [4.69, 9.17) is 16.3 Å². The van der Waals surface area contributed by atoms with Gasteiger partial charge in [-0.3, -0.25) is 14.0 Å². The second-order valence-electron chi connectivity index (χ2n) is 8.69. The number of nitrogens with one attached hydrogen (secondary N) is 1. The molecule has 1 aliphatic rings. The van der Waals surface area contributed by atoms with Crippen molar-refractivity contribution in [1.82, 2.24) is 10.2 Å². The van der Waals surface area contributed by atoms with Gasteiger partial charge in [0.15, 0.2) is 0 Å². The van der Waals surface area contributed by atoms with E-state index in [9.17, 15) is 13.2 Å². The third kappa shape index (κ3) is 6.44. The van der Waals surface area contributed by atoms with Crippen molar-refractivity contribution in [2.75, 3.05) is 37.2 Å². The largest absolute Gasteiger partial charge is 0.379 e. The molecule has 1 saturated heterocycles. The number of ether oxygens (including phenoxy) is 1. The molecule has 190 valence electrons. The predicted octanol–water partition coefficient (Wildman–Crippen LogP) is 3.99. The van der Waals surface area contributed by atoms with Crippen LogP contribution in [-0.2, 0) is 32.6 Å². The van der Waals surface area contributed by atoms with E-state index in [0.29, 0.717) is 22.8 Å². The highest BCUT2D eigenvalue weighted by Gasteiger charge is 2.28. The Kier molecular flexibility index (Phi) is 8.64. The maximum atomic E-state index is 13.5. The quantitative estimate of drug-likeness (QED) is 0.455. The minimum Gasteiger partial charge on any atom is -0.379 e. The SMILES string of the molecule is Cc1c(Cl)cccc1N(CC(=O)NCc1ccc(CN2CCOCC2)cc1)S(=O)(=O)c1ccccc1. The smallest absolute Gasteiger partial charge is 0.264 e. The highest BCUT2D eigenvalue weighted by atomic mass is 35.5. The molecule has 4 rings (SSSR count). The lowest BCUT2D eigenvalue weighted by atomic mass is 10.1. The monoisotopic (exact) mass is 527 g/mol. The lowest BCUT2D eigenvalue weighted by Crippen LogP contribution is -2.41. The fourth-order valence-corrected chi connectivity index (χ4v) is 5.72. The van der Waals surface area contributed by atoms with E-state index in [2.05, 4.69) is 22.3 Å². The molecule has 0 saturated carbocycles. The lowest BCUT2D eigenvalue weighted by Gasteiger charge is -2.26. The Morgan fingerprint density at radius 3 is 2.33 bits per heavy atom. The maximum Gasteiger partial charge on any atom is 0.264 e. The van der Waals surface area contributed by atoms with Crippen LogP contribution >= 0.6 is 11.6 Å². The molecule has 1 fully saturated rings. The van der Waals surface area contributed by atoms with Crippen molar-refractivity contribution in [2.24, 2.45) is 0 Å². The summed E-state index contributed by atoms with van der Waals surface area (Å²) in [6.07, 6.45) is 0. The van der Waals surface area contributed by atoms with Crippen LogP contribution in [0.1, 0.15) is 16.7 Å². The van der Waals surface area contributed by atoms with Crippen LogP contribution in [-0.4, -0.2) is 52.1 Å². The van der Waals surface area contributed by atoms with Gasteiger partial charge in [0.25, 0.3) is 10.0 Å². The normalized spacial score (nSPS) is 14.4. The fraction of sp³-hybridized carbons (Fsp3) is 0.296. The zero-order chi connectivity index (χ0) is 25.5. The molecule has 0 radical (unpaired) electrons. The van der Waals surface area contributed by atoms with Gasteiger partial charge in [0.1, 0.15) is 6.54 Å². The van der Waals surface area contributed by atoms with Gasteiger partial charge in [0, 0.05) is 31.2 Å². The molecule has 36 heavy (non-hydrogen) atoms. The zero-order valence-electron chi connectivity index (χ0n) is 20.2. The Hall–Kier alpha value is -2.91. The molecule has 1 N–H and O–H groups in total. The summed E-state index contributed by atoms with van der Waals surface area (Å²) in [4.78, 5) is 15.4. The van der Waals surface area contributed by atoms with Crippen LogP contribution in [0.25, 0.3) is 0 Å². The number of hydrogen-bond donors (Lipinski definition) is 1. The van der Waals surface area contributed by atoms with Gasteiger partial charge in [-0.2, -0.15) is 0 Å². The molecule has 0 aromatic heterocycles. The van der Waals surface area contributed by atoms with E-state index >= 15 is 0 Å². The van der Waals surface area contributed by atoms with Gasteiger partial charge in [-0.15, -0.1) is 0 Å². The number of rotatable bonds is 9. The maximum absolute atomic E-state index is 13.5. The average Bonchev–Trinajstić information content (AvgIpc) is 2.90. The van der Waals surface area contributed by atoms with Crippen molar-refractivity contribution >= 4 is 33.2 Å². The first-order chi connectivity index (χ1) is 17.3. The van der Waals surface area contributed by atoms with Crippen molar-refractivity contribution in [1.29, 1.82) is 0 Å². The number of benzene rings is 3. The Morgan fingerprint density at radius 1 is 0.972 bits per heavy atom. The summed E-state index contributed by atoms with van der Waals surface area (Å²) in [5.74, 6) is -0.411. The summed E-state index contributed by atoms with van der Waals surface area (Å²) >= 11 is 6.27. The molecule has 3 aromatic carbocycles. The number of nitrogens with zero attached hydrogens (tertiary/aromatic N) is 2. The number of halogens is 1. The summed E-state index contributed by atoms with van der Waals surface area (Å²) in [6.45, 7) is 5.89. The van der Waals surface area contributed by atoms with Crippen molar-refractivity contribution < 1.29 is 17.9 Å². The summed E-state index contributed by atoms with van der Waals surface area (Å²) in [6, 6.07) is 21.2. The summed E-state index contributed by atoms with van der Waals surface area (Å²) in [5.41, 5.74) is 3.09. The molecule has 1 amide bonds. The number of anilines is 1. The minimum absolute atomic E-state index is 0.105. The fourth-order valence-electron chi connectivity index (χ4n) is 4.05. The number of hydrogen-bond acceptors (Lipinski definition) is 5. The third-order valence-electron chi connectivity index (χ3n) is 6.15. The van der Waals surface area contributed by atoms with Crippen LogP contribution in [0.4, 0.5) is 5.69 Å².